The molecule has 2 atom stereocenters. The Morgan fingerprint density at radius 2 is 2.55 bits per heavy atom. The maximum atomic E-state index is 5.96. The molecule has 0 saturated carbocycles. The molecule has 1 aliphatic rings. The first-order chi connectivity index (χ1) is 5.34. The van der Waals surface area contributed by atoms with E-state index in [1.165, 1.54) is 5.75 Å². The van der Waals surface area contributed by atoms with Crippen molar-refractivity contribution >= 4 is 11.8 Å². The molecule has 0 radical (unpaired) electrons. The molecule has 2 nitrogen and oxygen atoms in total. The molecule has 0 aromatic heterocycles. The zero-order valence-corrected chi connectivity index (χ0v) is 7.90. The van der Waals surface area contributed by atoms with Gasteiger partial charge >= 0.3 is 0 Å². The lowest BCUT2D eigenvalue weighted by atomic mass is 10.0. The summed E-state index contributed by atoms with van der Waals surface area (Å²) in [5.41, 5.74) is 5.96. The van der Waals surface area contributed by atoms with Crippen molar-refractivity contribution in [3.63, 3.8) is 0 Å². The first-order valence-electron chi connectivity index (χ1n) is 4.25. The van der Waals surface area contributed by atoms with E-state index in [0.29, 0.717) is 12.0 Å². The van der Waals surface area contributed by atoms with E-state index >= 15 is 0 Å². The van der Waals surface area contributed by atoms with Gasteiger partial charge in [0.05, 0.1) is 6.61 Å². The second-order valence-corrected chi connectivity index (χ2v) is 4.27. The van der Waals surface area contributed by atoms with Gasteiger partial charge in [0.25, 0.3) is 0 Å². The van der Waals surface area contributed by atoms with E-state index in [4.69, 9.17) is 10.5 Å². The van der Waals surface area contributed by atoms with Gasteiger partial charge in [-0.15, -0.1) is 0 Å². The molecule has 0 bridgehead atoms. The topological polar surface area (TPSA) is 35.2 Å². The highest BCUT2D eigenvalue weighted by Crippen LogP contribution is 2.17. The van der Waals surface area contributed by atoms with Crippen molar-refractivity contribution < 1.29 is 4.74 Å². The molecule has 0 amide bonds. The minimum Gasteiger partial charge on any atom is -0.381 e. The lowest BCUT2D eigenvalue weighted by Crippen LogP contribution is -2.32. The van der Waals surface area contributed by atoms with E-state index in [1.54, 1.807) is 0 Å². The Labute approximate surface area is 72.9 Å². The van der Waals surface area contributed by atoms with Crippen LogP contribution in [0.25, 0.3) is 0 Å². The van der Waals surface area contributed by atoms with Crippen molar-refractivity contribution in [2.45, 2.75) is 19.4 Å². The van der Waals surface area contributed by atoms with E-state index in [9.17, 15) is 0 Å². The van der Waals surface area contributed by atoms with Crippen LogP contribution in [0.5, 0.6) is 0 Å². The lowest BCUT2D eigenvalue weighted by molar-refractivity contribution is 0.182. The Hall–Kier alpha value is 0.270. The van der Waals surface area contributed by atoms with Gasteiger partial charge in [0.1, 0.15) is 0 Å². The standard InChI is InChI=1S/C8H17NOS/c1-2-11-6-8(9)7-3-4-10-5-7/h7-8H,2-6,9H2,1H3. The highest BCUT2D eigenvalue weighted by molar-refractivity contribution is 7.99. The molecule has 66 valence electrons. The number of rotatable bonds is 4. The fraction of sp³-hybridized carbons (Fsp3) is 1.00. The Bertz CT molecular complexity index is 104. The van der Waals surface area contributed by atoms with Crippen LogP contribution in [-0.2, 0) is 4.74 Å². The molecule has 1 aliphatic heterocycles. The number of hydrogen-bond donors (Lipinski definition) is 1. The number of ether oxygens (including phenoxy) is 1. The molecular weight excluding hydrogens is 158 g/mol. The van der Waals surface area contributed by atoms with E-state index < -0.39 is 0 Å². The summed E-state index contributed by atoms with van der Waals surface area (Å²) in [6.07, 6.45) is 1.16. The van der Waals surface area contributed by atoms with Gasteiger partial charge in [-0.05, 0) is 12.2 Å². The van der Waals surface area contributed by atoms with Crippen LogP contribution >= 0.6 is 11.8 Å². The molecule has 11 heavy (non-hydrogen) atoms. The third-order valence-electron chi connectivity index (χ3n) is 2.08. The predicted molar refractivity (Wildman–Crippen MR) is 49.9 cm³/mol. The minimum absolute atomic E-state index is 0.349. The average molecular weight is 175 g/mol. The molecule has 1 fully saturated rings. The number of thioether (sulfide) groups is 1. The van der Waals surface area contributed by atoms with Gasteiger partial charge in [0, 0.05) is 24.3 Å². The molecule has 0 aromatic rings. The maximum absolute atomic E-state index is 5.96. The molecule has 2 unspecified atom stereocenters. The van der Waals surface area contributed by atoms with Crippen molar-refractivity contribution in [1.82, 2.24) is 0 Å². The summed E-state index contributed by atoms with van der Waals surface area (Å²) in [6, 6.07) is 0.349. The second kappa shape index (κ2) is 5.01. The highest BCUT2D eigenvalue weighted by atomic mass is 32.2. The van der Waals surface area contributed by atoms with Crippen LogP contribution in [0, 0.1) is 5.92 Å². The monoisotopic (exact) mass is 175 g/mol. The van der Waals surface area contributed by atoms with E-state index in [1.807, 2.05) is 11.8 Å². The first-order valence-corrected chi connectivity index (χ1v) is 5.41. The predicted octanol–water partition coefficient (Wildman–Crippen LogP) is 1.10. The number of hydrogen-bond acceptors (Lipinski definition) is 3. The van der Waals surface area contributed by atoms with Crippen LogP contribution in [0.3, 0.4) is 0 Å². The Kier molecular flexibility index (Phi) is 4.26. The number of nitrogens with two attached hydrogens (primary N) is 1. The molecule has 2 N–H and O–H groups in total. The molecular formula is C8H17NOS. The van der Waals surface area contributed by atoms with Crippen LogP contribution < -0.4 is 5.73 Å². The van der Waals surface area contributed by atoms with E-state index in [2.05, 4.69) is 6.92 Å². The summed E-state index contributed by atoms with van der Waals surface area (Å²) in [7, 11) is 0. The van der Waals surface area contributed by atoms with Gasteiger partial charge in [-0.25, -0.2) is 0 Å². The zero-order valence-electron chi connectivity index (χ0n) is 7.08. The summed E-state index contributed by atoms with van der Waals surface area (Å²) in [5, 5.41) is 0. The smallest absolute Gasteiger partial charge is 0.0510 e. The zero-order chi connectivity index (χ0) is 8.10. The van der Waals surface area contributed by atoms with Crippen molar-refractivity contribution in [2.75, 3.05) is 24.7 Å². The SMILES string of the molecule is CCSCC(N)C1CCOC1. The first kappa shape index (κ1) is 9.36. The molecule has 3 heteroatoms. The van der Waals surface area contributed by atoms with Gasteiger partial charge in [-0.3, -0.25) is 0 Å². The Morgan fingerprint density at radius 3 is 3.09 bits per heavy atom. The van der Waals surface area contributed by atoms with Crippen LogP contribution in [0.1, 0.15) is 13.3 Å². The van der Waals surface area contributed by atoms with Crippen LogP contribution in [0.2, 0.25) is 0 Å². The fourth-order valence-corrected chi connectivity index (χ4v) is 2.06. The highest BCUT2D eigenvalue weighted by Gasteiger charge is 2.21. The molecule has 1 heterocycles. The molecule has 0 aromatic carbocycles. The van der Waals surface area contributed by atoms with E-state index in [0.717, 1.165) is 25.4 Å². The van der Waals surface area contributed by atoms with Gasteiger partial charge in [0.2, 0.25) is 0 Å². The van der Waals surface area contributed by atoms with Crippen molar-refractivity contribution in [1.29, 1.82) is 0 Å². The van der Waals surface area contributed by atoms with Crippen molar-refractivity contribution in [2.24, 2.45) is 11.7 Å². The minimum atomic E-state index is 0.349. The third-order valence-corrected chi connectivity index (χ3v) is 3.11. The Balaban J connectivity index is 2.12. The molecule has 0 spiro atoms. The third kappa shape index (κ3) is 3.01. The summed E-state index contributed by atoms with van der Waals surface area (Å²) in [6.45, 7) is 3.96. The second-order valence-electron chi connectivity index (χ2n) is 2.95. The van der Waals surface area contributed by atoms with Gasteiger partial charge in [0.15, 0.2) is 0 Å². The van der Waals surface area contributed by atoms with Crippen LogP contribution in [-0.4, -0.2) is 30.8 Å². The van der Waals surface area contributed by atoms with Crippen LogP contribution in [0.4, 0.5) is 0 Å². The summed E-state index contributed by atoms with van der Waals surface area (Å²) in [4.78, 5) is 0. The average Bonchev–Trinajstić information content (AvgIpc) is 2.52. The lowest BCUT2D eigenvalue weighted by Gasteiger charge is -2.16. The van der Waals surface area contributed by atoms with Gasteiger partial charge < -0.3 is 10.5 Å². The normalized spacial score (nSPS) is 27.3. The van der Waals surface area contributed by atoms with E-state index in [-0.39, 0.29) is 0 Å². The summed E-state index contributed by atoms with van der Waals surface area (Å²) < 4.78 is 5.27. The van der Waals surface area contributed by atoms with Crippen molar-refractivity contribution in [3.8, 4) is 0 Å². The molecule has 0 aliphatic carbocycles. The van der Waals surface area contributed by atoms with Gasteiger partial charge in [-0.2, -0.15) is 11.8 Å². The summed E-state index contributed by atoms with van der Waals surface area (Å²) >= 11 is 1.92. The van der Waals surface area contributed by atoms with Crippen molar-refractivity contribution in [3.05, 3.63) is 0 Å². The molecule has 1 rings (SSSR count). The summed E-state index contributed by atoms with van der Waals surface area (Å²) in [5.74, 6) is 2.88. The van der Waals surface area contributed by atoms with Gasteiger partial charge in [-0.1, -0.05) is 6.92 Å². The fourth-order valence-electron chi connectivity index (χ4n) is 1.28. The largest absolute Gasteiger partial charge is 0.381 e. The quantitative estimate of drug-likeness (QED) is 0.695. The molecule has 1 saturated heterocycles. The maximum Gasteiger partial charge on any atom is 0.0510 e. The van der Waals surface area contributed by atoms with Crippen LogP contribution in [0.15, 0.2) is 0 Å². The Morgan fingerprint density at radius 1 is 1.73 bits per heavy atom.